The van der Waals surface area contributed by atoms with Gasteiger partial charge in [-0.1, -0.05) is 40.2 Å². The molecule has 0 unspecified atom stereocenters. The van der Waals surface area contributed by atoms with Crippen molar-refractivity contribution in [2.45, 2.75) is 36.6 Å². The fourth-order valence-electron chi connectivity index (χ4n) is 2.65. The number of fused-ring (bicyclic) bond motifs is 1. The van der Waals surface area contributed by atoms with Gasteiger partial charge in [-0.3, -0.25) is 4.79 Å². The summed E-state index contributed by atoms with van der Waals surface area (Å²) in [5.41, 5.74) is 1.37. The summed E-state index contributed by atoms with van der Waals surface area (Å²) < 4.78 is 0. The molecule has 1 amide bonds. The third kappa shape index (κ3) is 3.01. The van der Waals surface area contributed by atoms with Crippen molar-refractivity contribution in [1.29, 1.82) is 0 Å². The van der Waals surface area contributed by atoms with Gasteiger partial charge in [-0.05, 0) is 37.8 Å². The zero-order valence-electron chi connectivity index (χ0n) is 11.2. The van der Waals surface area contributed by atoms with Gasteiger partial charge in [-0.2, -0.15) is 0 Å². The molecule has 1 aliphatic carbocycles. The molecular formula is C16H17BrN2O. The molecule has 0 radical (unpaired) electrons. The molecule has 3 nitrogen and oxygen atoms in total. The molecule has 4 heteroatoms. The summed E-state index contributed by atoms with van der Waals surface area (Å²) in [5, 5.41) is 4.16. The van der Waals surface area contributed by atoms with Gasteiger partial charge in [0.2, 0.25) is 0 Å². The van der Waals surface area contributed by atoms with Crippen molar-refractivity contribution < 1.29 is 4.79 Å². The summed E-state index contributed by atoms with van der Waals surface area (Å²) in [6.07, 6.45) is 4.32. The summed E-state index contributed by atoms with van der Waals surface area (Å²) >= 11 is 3.63. The van der Waals surface area contributed by atoms with Gasteiger partial charge in [-0.15, -0.1) is 0 Å². The number of nitrogens with zero attached hydrogens (tertiary/aromatic N) is 1. The van der Waals surface area contributed by atoms with Gasteiger partial charge in [0.05, 0.1) is 5.52 Å². The second kappa shape index (κ2) is 5.92. The first kappa shape index (κ1) is 13.6. The second-order valence-electron chi connectivity index (χ2n) is 5.31. The van der Waals surface area contributed by atoms with Crippen LogP contribution in [0.3, 0.4) is 0 Å². The smallest absolute Gasteiger partial charge is 0.270 e. The molecule has 1 saturated carbocycles. The topological polar surface area (TPSA) is 42.0 Å². The van der Waals surface area contributed by atoms with Gasteiger partial charge < -0.3 is 5.32 Å². The number of aromatic nitrogens is 1. The predicted octanol–water partition coefficient (Wildman–Crippen LogP) is 3.67. The van der Waals surface area contributed by atoms with Crippen molar-refractivity contribution in [3.63, 3.8) is 0 Å². The van der Waals surface area contributed by atoms with E-state index >= 15 is 0 Å². The highest BCUT2D eigenvalue weighted by molar-refractivity contribution is 9.09. The third-order valence-electron chi connectivity index (χ3n) is 3.82. The molecule has 0 atom stereocenters. The maximum atomic E-state index is 12.3. The molecule has 1 aromatic heterocycles. The number of hydrogen-bond donors (Lipinski definition) is 1. The van der Waals surface area contributed by atoms with Crippen LogP contribution in [-0.4, -0.2) is 21.8 Å². The van der Waals surface area contributed by atoms with Crippen LogP contribution in [0.5, 0.6) is 0 Å². The van der Waals surface area contributed by atoms with E-state index in [1.807, 2.05) is 30.3 Å². The summed E-state index contributed by atoms with van der Waals surface area (Å²) in [6, 6.07) is 11.9. The van der Waals surface area contributed by atoms with Crippen LogP contribution in [-0.2, 0) is 0 Å². The fourth-order valence-corrected chi connectivity index (χ4v) is 3.18. The Morgan fingerprint density at radius 1 is 1.10 bits per heavy atom. The molecule has 0 saturated heterocycles. The summed E-state index contributed by atoms with van der Waals surface area (Å²) in [4.78, 5) is 17.3. The Bertz CT molecular complexity index is 621. The zero-order chi connectivity index (χ0) is 13.9. The SMILES string of the molecule is O=C(NC1CCC(Br)CC1)c1ccc2ccccc2n1. The molecule has 1 N–H and O–H groups in total. The number of nitrogens with one attached hydrogen (secondary N) is 1. The Labute approximate surface area is 126 Å². The van der Waals surface area contributed by atoms with Gasteiger partial charge in [-0.25, -0.2) is 4.98 Å². The highest BCUT2D eigenvalue weighted by atomic mass is 79.9. The zero-order valence-corrected chi connectivity index (χ0v) is 12.8. The summed E-state index contributed by atoms with van der Waals surface area (Å²) in [6.45, 7) is 0. The van der Waals surface area contributed by atoms with Crippen LogP contribution in [0.1, 0.15) is 36.2 Å². The molecule has 0 bridgehead atoms. The highest BCUT2D eigenvalue weighted by Crippen LogP contribution is 2.24. The quantitative estimate of drug-likeness (QED) is 0.852. The van der Waals surface area contributed by atoms with Crippen LogP contribution in [0, 0.1) is 0 Å². The van der Waals surface area contributed by atoms with Crippen molar-refractivity contribution in [3.8, 4) is 0 Å². The highest BCUT2D eigenvalue weighted by Gasteiger charge is 2.21. The van der Waals surface area contributed by atoms with Crippen LogP contribution in [0.15, 0.2) is 36.4 Å². The lowest BCUT2D eigenvalue weighted by Crippen LogP contribution is -2.38. The molecule has 0 aliphatic heterocycles. The monoisotopic (exact) mass is 332 g/mol. The Balaban J connectivity index is 1.72. The fraction of sp³-hybridized carbons (Fsp3) is 0.375. The van der Waals surface area contributed by atoms with E-state index in [0.29, 0.717) is 10.5 Å². The number of rotatable bonds is 2. The van der Waals surface area contributed by atoms with Gasteiger partial charge in [0.25, 0.3) is 5.91 Å². The van der Waals surface area contributed by atoms with Crippen molar-refractivity contribution in [1.82, 2.24) is 10.3 Å². The first-order chi connectivity index (χ1) is 9.72. The normalized spacial score (nSPS) is 22.6. The van der Waals surface area contributed by atoms with E-state index in [9.17, 15) is 4.79 Å². The Hall–Kier alpha value is -1.42. The van der Waals surface area contributed by atoms with E-state index in [4.69, 9.17) is 0 Å². The van der Waals surface area contributed by atoms with Crippen LogP contribution in [0.25, 0.3) is 10.9 Å². The molecule has 1 fully saturated rings. The number of carbonyl (C=O) groups excluding carboxylic acids is 1. The third-order valence-corrected chi connectivity index (χ3v) is 4.74. The van der Waals surface area contributed by atoms with E-state index in [0.717, 1.165) is 36.6 Å². The number of halogens is 1. The van der Waals surface area contributed by atoms with Crippen molar-refractivity contribution in [3.05, 3.63) is 42.1 Å². The number of para-hydroxylation sites is 1. The number of amides is 1. The Morgan fingerprint density at radius 3 is 2.65 bits per heavy atom. The summed E-state index contributed by atoms with van der Waals surface area (Å²) in [5.74, 6) is -0.0613. The number of carbonyl (C=O) groups is 1. The van der Waals surface area contributed by atoms with Crippen LogP contribution < -0.4 is 5.32 Å². The van der Waals surface area contributed by atoms with Crippen molar-refractivity contribution in [2.75, 3.05) is 0 Å². The van der Waals surface area contributed by atoms with E-state index in [1.54, 1.807) is 6.07 Å². The lowest BCUT2D eigenvalue weighted by atomic mass is 9.95. The Morgan fingerprint density at radius 2 is 1.85 bits per heavy atom. The van der Waals surface area contributed by atoms with Crippen LogP contribution >= 0.6 is 15.9 Å². The molecule has 104 valence electrons. The minimum atomic E-state index is -0.0613. The molecule has 1 heterocycles. The van der Waals surface area contributed by atoms with Gasteiger partial charge in [0.1, 0.15) is 5.69 Å². The Kier molecular flexibility index (Phi) is 4.01. The average Bonchev–Trinajstić information content (AvgIpc) is 2.49. The van der Waals surface area contributed by atoms with Crippen LogP contribution in [0.4, 0.5) is 0 Å². The number of pyridine rings is 1. The number of hydrogen-bond acceptors (Lipinski definition) is 2. The molecular weight excluding hydrogens is 316 g/mol. The average molecular weight is 333 g/mol. The first-order valence-electron chi connectivity index (χ1n) is 7.03. The van der Waals surface area contributed by atoms with E-state index < -0.39 is 0 Å². The maximum absolute atomic E-state index is 12.3. The number of alkyl halides is 1. The standard InChI is InChI=1S/C16H17BrN2O/c17-12-6-8-13(9-7-12)18-16(20)15-10-5-11-3-1-2-4-14(11)19-15/h1-5,10,12-13H,6-9H2,(H,18,20). The van der Waals surface area contributed by atoms with Crippen LogP contribution in [0.2, 0.25) is 0 Å². The first-order valence-corrected chi connectivity index (χ1v) is 7.94. The van der Waals surface area contributed by atoms with E-state index in [-0.39, 0.29) is 11.9 Å². The molecule has 1 aromatic carbocycles. The largest absolute Gasteiger partial charge is 0.348 e. The minimum Gasteiger partial charge on any atom is -0.348 e. The second-order valence-corrected chi connectivity index (χ2v) is 6.61. The van der Waals surface area contributed by atoms with Gasteiger partial charge in [0, 0.05) is 16.3 Å². The molecule has 0 spiro atoms. The molecule has 20 heavy (non-hydrogen) atoms. The van der Waals surface area contributed by atoms with Crippen molar-refractivity contribution in [2.24, 2.45) is 0 Å². The molecule has 2 aromatic rings. The predicted molar refractivity (Wildman–Crippen MR) is 84.2 cm³/mol. The number of benzene rings is 1. The van der Waals surface area contributed by atoms with E-state index in [2.05, 4.69) is 26.2 Å². The lowest BCUT2D eigenvalue weighted by molar-refractivity contribution is 0.0923. The molecule has 3 rings (SSSR count). The van der Waals surface area contributed by atoms with Gasteiger partial charge in [0.15, 0.2) is 0 Å². The molecule has 1 aliphatic rings. The van der Waals surface area contributed by atoms with E-state index in [1.165, 1.54) is 0 Å². The maximum Gasteiger partial charge on any atom is 0.270 e. The van der Waals surface area contributed by atoms with Crippen molar-refractivity contribution >= 4 is 32.7 Å². The minimum absolute atomic E-state index is 0.0613. The summed E-state index contributed by atoms with van der Waals surface area (Å²) in [7, 11) is 0. The lowest BCUT2D eigenvalue weighted by Gasteiger charge is -2.25. The van der Waals surface area contributed by atoms with Gasteiger partial charge >= 0.3 is 0 Å².